The zero-order valence-corrected chi connectivity index (χ0v) is 17.3. The number of hydrogen-bond acceptors (Lipinski definition) is 5. The molecule has 0 atom stereocenters. The maximum absolute atomic E-state index is 6.27. The van der Waals surface area contributed by atoms with Gasteiger partial charge in [0.05, 0.1) is 39.9 Å². The van der Waals surface area contributed by atoms with E-state index in [1.54, 1.807) is 21.3 Å². The van der Waals surface area contributed by atoms with Crippen LogP contribution in [-0.4, -0.2) is 21.3 Å². The third-order valence-corrected chi connectivity index (χ3v) is 4.99. The highest BCUT2D eigenvalue weighted by atomic mass is 16.5. The molecule has 0 saturated heterocycles. The number of hydrogen-bond donors (Lipinski definition) is 0. The van der Waals surface area contributed by atoms with Gasteiger partial charge in [-0.25, -0.2) is 0 Å². The Labute approximate surface area is 175 Å². The molecule has 30 heavy (non-hydrogen) atoms. The third kappa shape index (κ3) is 3.98. The summed E-state index contributed by atoms with van der Waals surface area (Å²) >= 11 is 0. The third-order valence-electron chi connectivity index (χ3n) is 4.99. The van der Waals surface area contributed by atoms with Crippen molar-refractivity contribution in [3.63, 3.8) is 0 Å². The lowest BCUT2D eigenvalue weighted by Crippen LogP contribution is -1.96. The Morgan fingerprint density at radius 2 is 1.47 bits per heavy atom. The van der Waals surface area contributed by atoms with Crippen LogP contribution in [0.3, 0.4) is 0 Å². The SMILES string of the molecule is COc1ccc(-c2oc3cc(OC)cc(OC)c3c2COCc2ccccc2)cc1. The van der Waals surface area contributed by atoms with Gasteiger partial charge in [0.25, 0.3) is 0 Å². The van der Waals surface area contributed by atoms with Crippen LogP contribution in [0, 0.1) is 0 Å². The van der Waals surface area contributed by atoms with Gasteiger partial charge < -0.3 is 23.4 Å². The lowest BCUT2D eigenvalue weighted by molar-refractivity contribution is 0.108. The van der Waals surface area contributed by atoms with Gasteiger partial charge in [-0.05, 0) is 29.8 Å². The van der Waals surface area contributed by atoms with Gasteiger partial charge in [-0.15, -0.1) is 0 Å². The lowest BCUT2D eigenvalue weighted by Gasteiger charge is -2.09. The number of fused-ring (bicyclic) bond motifs is 1. The van der Waals surface area contributed by atoms with Crippen LogP contribution in [0.2, 0.25) is 0 Å². The monoisotopic (exact) mass is 404 g/mol. The van der Waals surface area contributed by atoms with Gasteiger partial charge in [0.1, 0.15) is 28.6 Å². The molecule has 0 bridgehead atoms. The van der Waals surface area contributed by atoms with Crippen LogP contribution in [0.15, 0.2) is 71.1 Å². The molecule has 0 fully saturated rings. The van der Waals surface area contributed by atoms with Crippen molar-refractivity contribution in [2.45, 2.75) is 13.2 Å². The zero-order chi connectivity index (χ0) is 20.9. The number of ether oxygens (including phenoxy) is 4. The van der Waals surface area contributed by atoms with E-state index < -0.39 is 0 Å². The molecule has 0 aliphatic rings. The molecule has 0 amide bonds. The van der Waals surface area contributed by atoms with Crippen LogP contribution < -0.4 is 14.2 Å². The lowest BCUT2D eigenvalue weighted by atomic mass is 10.0. The van der Waals surface area contributed by atoms with Crippen molar-refractivity contribution >= 4 is 11.0 Å². The Hall–Kier alpha value is -3.44. The Bertz CT molecular complexity index is 1110. The molecule has 0 unspecified atom stereocenters. The molecule has 0 saturated carbocycles. The second-order valence-electron chi connectivity index (χ2n) is 6.82. The van der Waals surface area contributed by atoms with E-state index in [4.69, 9.17) is 23.4 Å². The van der Waals surface area contributed by atoms with E-state index in [9.17, 15) is 0 Å². The highest BCUT2D eigenvalue weighted by molar-refractivity contribution is 5.94. The van der Waals surface area contributed by atoms with Crippen LogP contribution in [0.4, 0.5) is 0 Å². The van der Waals surface area contributed by atoms with E-state index in [0.29, 0.717) is 30.3 Å². The van der Waals surface area contributed by atoms with Crippen LogP contribution in [0.5, 0.6) is 17.2 Å². The molecule has 5 heteroatoms. The van der Waals surface area contributed by atoms with Gasteiger partial charge >= 0.3 is 0 Å². The van der Waals surface area contributed by atoms with E-state index >= 15 is 0 Å². The first-order chi connectivity index (χ1) is 14.7. The molecule has 0 radical (unpaired) electrons. The van der Waals surface area contributed by atoms with Gasteiger partial charge in [0, 0.05) is 23.3 Å². The summed E-state index contributed by atoms with van der Waals surface area (Å²) in [6.07, 6.45) is 0. The van der Waals surface area contributed by atoms with Crippen molar-refractivity contribution < 1.29 is 23.4 Å². The summed E-state index contributed by atoms with van der Waals surface area (Å²) in [6.45, 7) is 0.889. The smallest absolute Gasteiger partial charge is 0.142 e. The van der Waals surface area contributed by atoms with Crippen molar-refractivity contribution in [1.82, 2.24) is 0 Å². The average Bonchev–Trinajstić information content (AvgIpc) is 3.17. The van der Waals surface area contributed by atoms with E-state index in [2.05, 4.69) is 0 Å². The van der Waals surface area contributed by atoms with Crippen molar-refractivity contribution in [1.29, 1.82) is 0 Å². The summed E-state index contributed by atoms with van der Waals surface area (Å²) in [5.41, 5.74) is 3.68. The first kappa shape index (κ1) is 19.9. The van der Waals surface area contributed by atoms with Crippen molar-refractivity contribution in [3.8, 4) is 28.6 Å². The Morgan fingerprint density at radius 1 is 0.733 bits per heavy atom. The minimum absolute atomic E-state index is 0.381. The summed E-state index contributed by atoms with van der Waals surface area (Å²) in [7, 11) is 4.91. The number of furan rings is 1. The Kier molecular flexibility index (Phi) is 5.91. The van der Waals surface area contributed by atoms with Crippen LogP contribution >= 0.6 is 0 Å². The van der Waals surface area contributed by atoms with Gasteiger partial charge in [0.2, 0.25) is 0 Å². The molecule has 4 rings (SSSR count). The maximum atomic E-state index is 6.27. The van der Waals surface area contributed by atoms with Gasteiger partial charge in [0.15, 0.2) is 0 Å². The van der Waals surface area contributed by atoms with E-state index in [0.717, 1.165) is 33.6 Å². The zero-order valence-electron chi connectivity index (χ0n) is 17.3. The minimum atomic E-state index is 0.381. The quantitative estimate of drug-likeness (QED) is 0.369. The summed E-state index contributed by atoms with van der Waals surface area (Å²) in [5, 5.41) is 0.886. The van der Waals surface area contributed by atoms with E-state index in [1.807, 2.05) is 66.7 Å². The van der Waals surface area contributed by atoms with Gasteiger partial charge in [-0.3, -0.25) is 0 Å². The first-order valence-electron chi connectivity index (χ1n) is 9.67. The molecule has 4 aromatic rings. The fraction of sp³-hybridized carbons (Fsp3) is 0.200. The van der Waals surface area contributed by atoms with E-state index in [1.165, 1.54) is 0 Å². The molecule has 0 N–H and O–H groups in total. The van der Waals surface area contributed by atoms with Crippen molar-refractivity contribution in [3.05, 3.63) is 77.9 Å². The number of rotatable bonds is 8. The molecule has 0 aliphatic heterocycles. The molecule has 5 nitrogen and oxygen atoms in total. The van der Waals surface area contributed by atoms with Crippen LogP contribution in [0.25, 0.3) is 22.3 Å². The summed E-state index contributed by atoms with van der Waals surface area (Å²) in [6, 6.07) is 21.6. The van der Waals surface area contributed by atoms with Crippen LogP contribution in [0.1, 0.15) is 11.1 Å². The fourth-order valence-electron chi connectivity index (χ4n) is 3.47. The van der Waals surface area contributed by atoms with Crippen molar-refractivity contribution in [2.75, 3.05) is 21.3 Å². The fourth-order valence-corrected chi connectivity index (χ4v) is 3.47. The first-order valence-corrected chi connectivity index (χ1v) is 9.67. The second-order valence-corrected chi connectivity index (χ2v) is 6.82. The molecule has 3 aromatic carbocycles. The molecule has 1 heterocycles. The average molecular weight is 404 g/mol. The van der Waals surface area contributed by atoms with Crippen molar-refractivity contribution in [2.24, 2.45) is 0 Å². The summed E-state index contributed by atoms with van der Waals surface area (Å²) < 4.78 is 28.7. The van der Waals surface area contributed by atoms with Gasteiger partial charge in [-0.1, -0.05) is 30.3 Å². The molecule has 0 spiro atoms. The molecule has 1 aromatic heterocycles. The van der Waals surface area contributed by atoms with E-state index in [-0.39, 0.29) is 0 Å². The predicted octanol–water partition coefficient (Wildman–Crippen LogP) is 5.84. The normalized spacial score (nSPS) is 10.9. The maximum Gasteiger partial charge on any atom is 0.142 e. The second kappa shape index (κ2) is 8.93. The molecule has 0 aliphatic carbocycles. The molecular weight excluding hydrogens is 380 g/mol. The minimum Gasteiger partial charge on any atom is -0.497 e. The Balaban J connectivity index is 1.76. The molecule has 154 valence electrons. The highest BCUT2D eigenvalue weighted by Crippen LogP contribution is 2.41. The summed E-state index contributed by atoms with van der Waals surface area (Å²) in [5.74, 6) is 2.89. The predicted molar refractivity (Wildman–Crippen MR) is 116 cm³/mol. The van der Waals surface area contributed by atoms with Crippen LogP contribution in [-0.2, 0) is 18.0 Å². The Morgan fingerprint density at radius 3 is 2.13 bits per heavy atom. The largest absolute Gasteiger partial charge is 0.497 e. The molecular formula is C25H24O5. The summed E-state index contributed by atoms with van der Waals surface area (Å²) in [4.78, 5) is 0. The number of methoxy groups -OCH3 is 3. The highest BCUT2D eigenvalue weighted by Gasteiger charge is 2.21. The topological polar surface area (TPSA) is 50.1 Å². The van der Waals surface area contributed by atoms with Gasteiger partial charge in [-0.2, -0.15) is 0 Å². The standard InChI is InChI=1S/C25H24O5/c1-26-19-11-9-18(10-12-19)25-21(16-29-15-17-7-5-4-6-8-17)24-22(28-3)13-20(27-2)14-23(24)30-25/h4-14H,15-16H2,1-3H3. The number of benzene rings is 3.